The maximum absolute atomic E-state index is 12.9. The fourth-order valence-corrected chi connectivity index (χ4v) is 2.25. The minimum absolute atomic E-state index is 0.0226. The van der Waals surface area contributed by atoms with E-state index in [0.29, 0.717) is 17.9 Å². The Morgan fingerprint density at radius 1 is 1.41 bits per heavy atom. The van der Waals surface area contributed by atoms with Gasteiger partial charge in [-0.1, -0.05) is 0 Å². The molecule has 1 aliphatic rings. The predicted molar refractivity (Wildman–Crippen MR) is 65.4 cm³/mol. The Balaban J connectivity index is 2.03. The maximum atomic E-state index is 12.9. The van der Waals surface area contributed by atoms with Gasteiger partial charge in [-0.15, -0.1) is 0 Å². The number of Topliss-reactive ketones (excluding diaryl/α,β-unsaturated/α-hetero) is 1. The Hall–Kier alpha value is -1.42. The zero-order valence-electron chi connectivity index (χ0n) is 9.71. The smallest absolute Gasteiger partial charge is 0.165 e. The average molecular weight is 236 g/mol. The largest absolute Gasteiger partial charge is 0.398 e. The summed E-state index contributed by atoms with van der Waals surface area (Å²) in [5.74, 6) is 0.0449. The Kier molecular flexibility index (Phi) is 3.74. The number of nitrogens with one attached hydrogen (secondary N) is 1. The Labute approximate surface area is 100 Å². The van der Waals surface area contributed by atoms with Gasteiger partial charge >= 0.3 is 0 Å². The lowest BCUT2D eigenvalue weighted by Gasteiger charge is -2.22. The third-order valence-corrected chi connectivity index (χ3v) is 3.25. The molecule has 0 saturated carbocycles. The second-order valence-electron chi connectivity index (χ2n) is 4.55. The summed E-state index contributed by atoms with van der Waals surface area (Å²) in [4.78, 5) is 12.0. The van der Waals surface area contributed by atoms with Crippen molar-refractivity contribution in [1.29, 1.82) is 0 Å². The van der Waals surface area contributed by atoms with Gasteiger partial charge in [0.25, 0.3) is 0 Å². The van der Waals surface area contributed by atoms with Crippen LogP contribution in [0.4, 0.5) is 10.1 Å². The van der Waals surface area contributed by atoms with Gasteiger partial charge in [0.05, 0.1) is 0 Å². The van der Waals surface area contributed by atoms with Gasteiger partial charge in [-0.3, -0.25) is 4.79 Å². The molecule has 17 heavy (non-hydrogen) atoms. The SMILES string of the molecule is Nc1cc(F)ccc1C(=O)CC1CCNCC1. The molecule has 3 nitrogen and oxygen atoms in total. The monoisotopic (exact) mass is 236 g/mol. The van der Waals surface area contributed by atoms with Crippen molar-refractivity contribution in [2.45, 2.75) is 19.3 Å². The molecule has 3 N–H and O–H groups in total. The number of piperidine rings is 1. The van der Waals surface area contributed by atoms with Crippen LogP contribution in [-0.4, -0.2) is 18.9 Å². The first-order chi connectivity index (χ1) is 8.16. The molecule has 92 valence electrons. The highest BCUT2D eigenvalue weighted by molar-refractivity contribution is 6.00. The minimum Gasteiger partial charge on any atom is -0.398 e. The molecular formula is C13H17FN2O. The summed E-state index contributed by atoms with van der Waals surface area (Å²) >= 11 is 0. The summed E-state index contributed by atoms with van der Waals surface area (Å²) in [5, 5.41) is 3.26. The molecule has 1 saturated heterocycles. The average Bonchev–Trinajstić information content (AvgIpc) is 2.30. The van der Waals surface area contributed by atoms with Gasteiger partial charge in [-0.2, -0.15) is 0 Å². The molecule has 2 rings (SSSR count). The second kappa shape index (κ2) is 5.27. The van der Waals surface area contributed by atoms with Gasteiger partial charge in [0, 0.05) is 17.7 Å². The summed E-state index contributed by atoms with van der Waals surface area (Å²) in [6.07, 6.45) is 2.55. The van der Waals surface area contributed by atoms with Crippen LogP contribution in [0.3, 0.4) is 0 Å². The molecule has 0 spiro atoms. The molecule has 0 radical (unpaired) electrons. The number of benzene rings is 1. The van der Waals surface area contributed by atoms with Gasteiger partial charge in [-0.05, 0) is 50.0 Å². The van der Waals surface area contributed by atoms with Gasteiger partial charge in [0.2, 0.25) is 0 Å². The third-order valence-electron chi connectivity index (χ3n) is 3.25. The summed E-state index contributed by atoms with van der Waals surface area (Å²) in [6.45, 7) is 1.94. The van der Waals surface area contributed by atoms with E-state index < -0.39 is 5.82 Å². The van der Waals surface area contributed by atoms with Crippen molar-refractivity contribution in [3.8, 4) is 0 Å². The first-order valence-electron chi connectivity index (χ1n) is 5.96. The van der Waals surface area contributed by atoms with Crippen LogP contribution in [0.1, 0.15) is 29.6 Å². The Morgan fingerprint density at radius 3 is 2.76 bits per heavy atom. The van der Waals surface area contributed by atoms with E-state index in [9.17, 15) is 9.18 Å². The Morgan fingerprint density at radius 2 is 2.12 bits per heavy atom. The standard InChI is InChI=1S/C13H17FN2O/c14-10-1-2-11(12(15)8-10)13(17)7-9-3-5-16-6-4-9/h1-2,8-9,16H,3-7,15H2. The highest BCUT2D eigenvalue weighted by Gasteiger charge is 2.19. The number of rotatable bonds is 3. The van der Waals surface area contributed by atoms with E-state index in [2.05, 4.69) is 5.32 Å². The first kappa shape index (κ1) is 12.0. The van der Waals surface area contributed by atoms with Crippen LogP contribution < -0.4 is 11.1 Å². The van der Waals surface area contributed by atoms with E-state index in [1.807, 2.05) is 0 Å². The molecule has 0 aliphatic carbocycles. The summed E-state index contributed by atoms with van der Waals surface area (Å²) in [6, 6.07) is 3.97. The molecular weight excluding hydrogens is 219 g/mol. The van der Waals surface area contributed by atoms with Crippen LogP contribution >= 0.6 is 0 Å². The van der Waals surface area contributed by atoms with Gasteiger partial charge in [0.15, 0.2) is 5.78 Å². The van der Waals surface area contributed by atoms with Crippen molar-refractivity contribution in [3.63, 3.8) is 0 Å². The lowest BCUT2D eigenvalue weighted by molar-refractivity contribution is 0.0953. The predicted octanol–water partition coefficient (Wildman–Crippen LogP) is 1.98. The molecule has 1 heterocycles. The van der Waals surface area contributed by atoms with Crippen LogP contribution in [0.15, 0.2) is 18.2 Å². The van der Waals surface area contributed by atoms with Gasteiger partial charge in [0.1, 0.15) is 5.82 Å². The quantitative estimate of drug-likeness (QED) is 0.623. The van der Waals surface area contributed by atoms with E-state index in [0.717, 1.165) is 25.9 Å². The zero-order valence-corrected chi connectivity index (χ0v) is 9.71. The molecule has 1 fully saturated rings. The lowest BCUT2D eigenvalue weighted by atomic mass is 9.90. The lowest BCUT2D eigenvalue weighted by Crippen LogP contribution is -2.29. The van der Waals surface area contributed by atoms with Crippen LogP contribution in [0.2, 0.25) is 0 Å². The van der Waals surface area contributed by atoms with Crippen molar-refractivity contribution in [3.05, 3.63) is 29.6 Å². The molecule has 1 aromatic carbocycles. The zero-order chi connectivity index (χ0) is 12.3. The minimum atomic E-state index is -0.402. The topological polar surface area (TPSA) is 55.1 Å². The second-order valence-corrected chi connectivity index (χ2v) is 4.55. The fraction of sp³-hybridized carbons (Fsp3) is 0.462. The normalized spacial score (nSPS) is 17.0. The molecule has 0 atom stereocenters. The number of hydrogen-bond acceptors (Lipinski definition) is 3. The number of nitrogen functional groups attached to an aromatic ring is 1. The van der Waals surface area contributed by atoms with Crippen molar-refractivity contribution < 1.29 is 9.18 Å². The number of carbonyl (C=O) groups excluding carboxylic acids is 1. The summed E-state index contributed by atoms with van der Waals surface area (Å²) in [7, 11) is 0. The maximum Gasteiger partial charge on any atom is 0.165 e. The van der Waals surface area contributed by atoms with E-state index in [-0.39, 0.29) is 11.5 Å². The molecule has 0 bridgehead atoms. The number of ketones is 1. The fourth-order valence-electron chi connectivity index (χ4n) is 2.25. The van der Waals surface area contributed by atoms with Crippen LogP contribution in [-0.2, 0) is 0 Å². The molecule has 0 amide bonds. The highest BCUT2D eigenvalue weighted by Crippen LogP contribution is 2.22. The molecule has 0 aromatic heterocycles. The van der Waals surface area contributed by atoms with E-state index in [1.165, 1.54) is 18.2 Å². The van der Waals surface area contributed by atoms with Crippen LogP contribution in [0.25, 0.3) is 0 Å². The third kappa shape index (κ3) is 3.03. The number of carbonyl (C=O) groups is 1. The van der Waals surface area contributed by atoms with E-state index in [4.69, 9.17) is 5.73 Å². The van der Waals surface area contributed by atoms with Crippen molar-refractivity contribution in [2.24, 2.45) is 5.92 Å². The van der Waals surface area contributed by atoms with Crippen molar-refractivity contribution in [1.82, 2.24) is 5.32 Å². The molecule has 1 aromatic rings. The van der Waals surface area contributed by atoms with Crippen LogP contribution in [0.5, 0.6) is 0 Å². The van der Waals surface area contributed by atoms with E-state index >= 15 is 0 Å². The number of hydrogen-bond donors (Lipinski definition) is 2. The summed E-state index contributed by atoms with van der Waals surface area (Å²) < 4.78 is 12.9. The number of halogens is 1. The van der Waals surface area contributed by atoms with Gasteiger partial charge < -0.3 is 11.1 Å². The molecule has 1 aliphatic heterocycles. The summed E-state index contributed by atoms with van der Waals surface area (Å²) in [5.41, 5.74) is 6.34. The van der Waals surface area contributed by atoms with Crippen LogP contribution in [0, 0.1) is 11.7 Å². The number of anilines is 1. The van der Waals surface area contributed by atoms with Gasteiger partial charge in [-0.25, -0.2) is 4.39 Å². The number of nitrogens with two attached hydrogens (primary N) is 1. The van der Waals surface area contributed by atoms with E-state index in [1.54, 1.807) is 0 Å². The highest BCUT2D eigenvalue weighted by atomic mass is 19.1. The first-order valence-corrected chi connectivity index (χ1v) is 5.96. The van der Waals surface area contributed by atoms with Crippen molar-refractivity contribution >= 4 is 11.5 Å². The molecule has 4 heteroatoms. The Bertz CT molecular complexity index is 414. The van der Waals surface area contributed by atoms with Crippen molar-refractivity contribution in [2.75, 3.05) is 18.8 Å². The molecule has 0 unspecified atom stereocenters.